The van der Waals surface area contributed by atoms with Crippen molar-refractivity contribution in [2.45, 2.75) is 735 Å². The Bertz CT molecular complexity index is 2860. The van der Waals surface area contributed by atoms with Crippen molar-refractivity contribution in [1.29, 1.82) is 0 Å². The van der Waals surface area contributed by atoms with Crippen LogP contribution in [-0.4, -0.2) is 15.0 Å². The van der Waals surface area contributed by atoms with E-state index in [4.69, 9.17) is 15.0 Å². The third kappa shape index (κ3) is 78.5. The molecule has 0 aliphatic carbocycles. The second-order valence-electron chi connectivity index (χ2n) is 45.9. The minimum Gasteiger partial charge on any atom is -0.324 e. The van der Waals surface area contributed by atoms with Gasteiger partial charge in [0.2, 0.25) is 11.9 Å². The molecule has 140 heavy (non-hydrogen) atoms. The summed E-state index contributed by atoms with van der Waals surface area (Å²) in [6.07, 6.45) is 151. The number of rotatable bonds is 113. The zero-order chi connectivity index (χ0) is 99.2. The quantitative estimate of drug-likeness (QED) is 0.0431. The van der Waals surface area contributed by atoms with Crippen molar-refractivity contribution in [3.8, 4) is 11.4 Å². The first-order valence-corrected chi connectivity index (χ1v) is 65.2. The van der Waals surface area contributed by atoms with Crippen LogP contribution in [0.1, 0.15) is 730 Å². The van der Waals surface area contributed by atoms with Crippen LogP contribution in [0.2, 0.25) is 0 Å². The summed E-state index contributed by atoms with van der Waals surface area (Å²) in [7, 11) is 0. The molecule has 0 atom stereocenters. The molecule has 1 heterocycles. The van der Waals surface area contributed by atoms with Gasteiger partial charge in [-0.3, -0.25) is 0 Å². The van der Waals surface area contributed by atoms with Gasteiger partial charge in [-0.1, -0.05) is 688 Å². The zero-order valence-electron chi connectivity index (χ0n) is 95.9. The van der Waals surface area contributed by atoms with Gasteiger partial charge in [-0.15, -0.1) is 0 Å². The Hall–Kier alpha value is -3.73. The first-order chi connectivity index (χ1) is 69.5. The molecular formula is C135H245N5. The van der Waals surface area contributed by atoms with Gasteiger partial charge in [-0.25, -0.2) is 0 Å². The van der Waals surface area contributed by atoms with Gasteiger partial charge >= 0.3 is 0 Å². The van der Waals surface area contributed by atoms with Crippen LogP contribution in [0.25, 0.3) is 11.4 Å². The molecule has 0 aliphatic rings. The van der Waals surface area contributed by atoms with Crippen molar-refractivity contribution >= 4 is 23.3 Å². The van der Waals surface area contributed by atoms with Crippen molar-refractivity contribution in [3.05, 3.63) is 88.0 Å². The summed E-state index contributed by atoms with van der Waals surface area (Å²) >= 11 is 0. The Morgan fingerprint density at radius 1 is 0.150 bits per heavy atom. The smallest absolute Gasteiger partial charge is 0.232 e. The molecule has 4 rings (SSSR count). The van der Waals surface area contributed by atoms with Crippen molar-refractivity contribution in [2.75, 3.05) is 10.6 Å². The van der Waals surface area contributed by atoms with Gasteiger partial charge < -0.3 is 10.6 Å². The van der Waals surface area contributed by atoms with Crippen LogP contribution in [-0.2, 0) is 38.5 Å². The number of aryl methyl sites for hydroxylation is 4. The summed E-state index contributed by atoms with van der Waals surface area (Å²) in [4.78, 5) is 16.4. The average Bonchev–Trinajstić information content (AvgIpc) is 0.806. The molecule has 1 aromatic heterocycles. The lowest BCUT2D eigenvalue weighted by molar-refractivity contribution is 0.525. The van der Waals surface area contributed by atoms with Crippen LogP contribution in [0, 0.1) is 0 Å². The maximum atomic E-state index is 5.52. The highest BCUT2D eigenvalue weighted by molar-refractivity contribution is 5.66. The fourth-order valence-electron chi connectivity index (χ4n) is 23.0. The van der Waals surface area contributed by atoms with E-state index in [1.165, 1.54) is 668 Å². The van der Waals surface area contributed by atoms with Gasteiger partial charge in [0.25, 0.3) is 0 Å². The van der Waals surface area contributed by atoms with Crippen LogP contribution < -0.4 is 10.6 Å². The summed E-state index contributed by atoms with van der Waals surface area (Å²) in [5.41, 5.74) is 13.1. The third-order valence-electron chi connectivity index (χ3n) is 32.3. The lowest BCUT2D eigenvalue weighted by atomic mass is 9.89. The SMILES string of the molecule is CCCCCCCCCCCCCCCCCCCc1cc(Nc2nc(Nc3cc(CCCCCCCCCCCCCCCCCCC)c(CCCCCCCCCCCCCCCCCCC)c(CCCCCCCCCCCCCCCCCCC)c3)nc(-c3ccccc3)n2)cc(CCCCCCCCCCCCCCCCCCC)c1CCCCCCCCCCCCCCCCCCC. The van der Waals surface area contributed by atoms with Crippen molar-refractivity contribution in [2.24, 2.45) is 0 Å². The monoisotopic (exact) mass is 1940 g/mol. The van der Waals surface area contributed by atoms with Crippen molar-refractivity contribution in [3.63, 3.8) is 0 Å². The number of hydrogen-bond acceptors (Lipinski definition) is 5. The molecule has 0 aliphatic heterocycles. The Kier molecular flexibility index (Phi) is 94.1. The molecule has 5 heteroatoms. The Morgan fingerprint density at radius 3 is 0.436 bits per heavy atom. The lowest BCUT2D eigenvalue weighted by Gasteiger charge is -2.20. The fourth-order valence-corrected chi connectivity index (χ4v) is 23.0. The summed E-state index contributed by atoms with van der Waals surface area (Å²) in [5, 5.41) is 8.07. The molecule has 0 saturated heterocycles. The van der Waals surface area contributed by atoms with E-state index in [-0.39, 0.29) is 0 Å². The molecule has 5 nitrogen and oxygen atoms in total. The standard InChI is InChI=1S/C135H245N5/c1-7-13-19-25-31-37-43-49-55-61-67-73-79-85-91-97-104-114-125-120-129(121-126(115-105-98-92-86-80-74-68-62-56-50-44-38-32-26-20-14-8-2)131(125)118-110-101-95-89-83-77-71-65-59-53-47-41-35-29-23-17-11-5)136-134-138-133(124-112-108-103-109-113-124)139-135(140-134)137-130-122-127(116-106-99-93-87-81-75-69-63-57-51-45-39-33-27-21-15-9-3)132(119-111-102-96-90-84-78-72-66-60-54-48-42-36-30-24-18-12-6)128(123-130)117-107-100-94-88-82-76-70-64-58-52-46-40-34-28-22-16-10-4/h103,108-109,112-113,120-123H,7-102,104-107,110-111,114-119H2,1-6H3,(H2,136,137,138,139,140). The Balaban J connectivity index is 1.66. The van der Waals surface area contributed by atoms with Gasteiger partial charge in [0.15, 0.2) is 5.82 Å². The van der Waals surface area contributed by atoms with E-state index in [0.29, 0.717) is 11.9 Å². The van der Waals surface area contributed by atoms with E-state index >= 15 is 0 Å². The second-order valence-corrected chi connectivity index (χ2v) is 45.9. The molecule has 0 radical (unpaired) electrons. The van der Waals surface area contributed by atoms with Crippen LogP contribution in [0.4, 0.5) is 23.3 Å². The van der Waals surface area contributed by atoms with Gasteiger partial charge in [-0.05, 0) is 135 Å². The summed E-state index contributed by atoms with van der Waals surface area (Å²) < 4.78 is 0. The largest absolute Gasteiger partial charge is 0.324 e. The normalized spacial score (nSPS) is 11.7. The summed E-state index contributed by atoms with van der Waals surface area (Å²) in [6, 6.07) is 21.2. The Morgan fingerprint density at radius 2 is 0.286 bits per heavy atom. The molecule has 2 N–H and O–H groups in total. The topological polar surface area (TPSA) is 62.7 Å². The molecule has 0 saturated carbocycles. The van der Waals surface area contributed by atoms with Crippen molar-refractivity contribution in [1.82, 2.24) is 15.0 Å². The highest BCUT2D eigenvalue weighted by Gasteiger charge is 2.19. The highest BCUT2D eigenvalue weighted by atomic mass is 15.2. The van der Waals surface area contributed by atoms with Gasteiger partial charge in [0.1, 0.15) is 0 Å². The minimum absolute atomic E-state index is 0.651. The maximum Gasteiger partial charge on any atom is 0.232 e. The molecule has 810 valence electrons. The number of hydrogen-bond donors (Lipinski definition) is 2. The maximum absolute atomic E-state index is 5.52. The van der Waals surface area contributed by atoms with E-state index in [0.717, 1.165) is 48.4 Å². The van der Waals surface area contributed by atoms with Crippen LogP contribution in [0.3, 0.4) is 0 Å². The van der Waals surface area contributed by atoms with Crippen LogP contribution in [0.5, 0.6) is 0 Å². The number of nitrogens with zero attached hydrogens (tertiary/aromatic N) is 3. The number of anilines is 4. The number of nitrogens with one attached hydrogen (secondary N) is 2. The average molecular weight is 1940 g/mol. The third-order valence-corrected chi connectivity index (χ3v) is 32.3. The predicted octanol–water partition coefficient (Wildman–Crippen LogP) is 48.2. The first-order valence-electron chi connectivity index (χ1n) is 65.2. The van der Waals surface area contributed by atoms with Crippen molar-refractivity contribution < 1.29 is 0 Å². The number of benzene rings is 3. The molecule has 4 aromatic rings. The van der Waals surface area contributed by atoms with Crippen LogP contribution >= 0.6 is 0 Å². The summed E-state index contributed by atoms with van der Waals surface area (Å²) in [5.74, 6) is 2.03. The molecular weight excluding hydrogens is 1690 g/mol. The molecule has 0 fully saturated rings. The zero-order valence-corrected chi connectivity index (χ0v) is 95.9. The summed E-state index contributed by atoms with van der Waals surface area (Å²) in [6.45, 7) is 14.0. The molecule has 0 amide bonds. The number of aromatic nitrogens is 3. The minimum atomic E-state index is 0.651. The second kappa shape index (κ2) is 102. The Labute approximate surface area is 877 Å². The molecule has 0 bridgehead atoms. The van der Waals surface area contributed by atoms with Crippen LogP contribution in [0.15, 0.2) is 54.6 Å². The van der Waals surface area contributed by atoms with E-state index in [9.17, 15) is 0 Å². The molecule has 0 unspecified atom stereocenters. The van der Waals surface area contributed by atoms with Gasteiger partial charge in [-0.2, -0.15) is 15.0 Å². The first kappa shape index (κ1) is 129. The number of unbranched alkanes of at least 4 members (excludes halogenated alkanes) is 96. The van der Waals surface area contributed by atoms with Gasteiger partial charge in [0.05, 0.1) is 0 Å². The highest BCUT2D eigenvalue weighted by Crippen LogP contribution is 2.35. The molecule has 0 spiro atoms. The molecule has 3 aromatic carbocycles. The lowest BCUT2D eigenvalue weighted by Crippen LogP contribution is -2.09. The van der Waals surface area contributed by atoms with E-state index in [1.54, 1.807) is 33.4 Å². The van der Waals surface area contributed by atoms with E-state index < -0.39 is 0 Å². The van der Waals surface area contributed by atoms with Gasteiger partial charge in [0, 0.05) is 16.9 Å². The van der Waals surface area contributed by atoms with E-state index in [2.05, 4.69) is 107 Å². The predicted molar refractivity (Wildman–Crippen MR) is 632 cm³/mol. The fraction of sp³-hybridized carbons (Fsp3) is 0.844. The van der Waals surface area contributed by atoms with E-state index in [1.807, 2.05) is 0 Å².